The molecule has 17 heteroatoms. The number of nitrogens with one attached hydrogen (secondary N) is 1. The Labute approximate surface area is 245 Å². The fraction of sp³-hybridized carbons (Fsp3) is 0.600. The number of hydrogen-bond donors (Lipinski definition) is 2. The molecule has 1 fully saturated rings. The number of aromatic amines is 1. The summed E-state index contributed by atoms with van der Waals surface area (Å²) >= 11 is 0. The number of hydrogen-bond acceptors (Lipinski definition) is 11. The van der Waals surface area contributed by atoms with Crippen LogP contribution in [-0.2, 0) is 37.8 Å². The Morgan fingerprint density at radius 3 is 2.26 bits per heavy atom. The zero-order valence-corrected chi connectivity index (χ0v) is 26.2. The quantitative estimate of drug-likeness (QED) is 0.287. The molecule has 4 rings (SSSR count). The van der Waals surface area contributed by atoms with Crippen LogP contribution in [0.4, 0.5) is 0 Å². The first-order valence-corrected chi connectivity index (χ1v) is 16.7. The third kappa shape index (κ3) is 7.90. The van der Waals surface area contributed by atoms with Gasteiger partial charge in [-0.3, -0.25) is 14.0 Å². The lowest BCUT2D eigenvalue weighted by molar-refractivity contribution is 0.183. The molecule has 0 radical (unpaired) electrons. The van der Waals surface area contributed by atoms with E-state index in [1.54, 1.807) is 18.7 Å². The van der Waals surface area contributed by atoms with E-state index in [1.807, 2.05) is 6.92 Å². The molecule has 0 atom stereocenters. The predicted octanol–water partition coefficient (Wildman–Crippen LogP) is 1.01. The standard InChI is InChI=1S/C23H33N7O5S.C2H6O3S/c1-5-18-19-20(27-30(18)12-13-34-4)22(31)26-21(25-19)17-14-16(15-24-23(17)35-7-3)36(32,33)29-10-8-28(6-2)9-11-29;1-2-6(3,4)5/h14-15H,5-13H2,1-4H3,(H,25,26,31);2H2,1H3,(H,3,4,5). The van der Waals surface area contributed by atoms with E-state index in [9.17, 15) is 21.6 Å². The van der Waals surface area contributed by atoms with E-state index in [4.69, 9.17) is 19.0 Å². The second kappa shape index (κ2) is 14.5. The van der Waals surface area contributed by atoms with Crippen LogP contribution in [0.25, 0.3) is 22.4 Å². The predicted molar refractivity (Wildman–Crippen MR) is 157 cm³/mol. The highest BCUT2D eigenvalue weighted by molar-refractivity contribution is 7.89. The monoisotopic (exact) mass is 629 g/mol. The number of rotatable bonds is 11. The number of fused-ring (bicyclic) bond motifs is 1. The van der Waals surface area contributed by atoms with Gasteiger partial charge in [0, 0.05) is 33.3 Å². The number of nitrogens with zero attached hydrogens (tertiary/aromatic N) is 6. The molecule has 1 saturated heterocycles. The summed E-state index contributed by atoms with van der Waals surface area (Å²) in [6.07, 6.45) is 1.90. The molecule has 0 bridgehead atoms. The Bertz CT molecular complexity index is 1630. The van der Waals surface area contributed by atoms with Crippen molar-refractivity contribution in [2.75, 3.05) is 58.8 Å². The number of aromatic nitrogens is 5. The highest BCUT2D eigenvalue weighted by atomic mass is 32.2. The van der Waals surface area contributed by atoms with Gasteiger partial charge in [0.2, 0.25) is 15.9 Å². The summed E-state index contributed by atoms with van der Waals surface area (Å²) < 4.78 is 67.8. The Hall–Kier alpha value is -2.96. The number of likely N-dealkylation sites (N-methyl/N-ethyl adjacent to an activating group) is 1. The van der Waals surface area contributed by atoms with Crippen LogP contribution < -0.4 is 10.3 Å². The maximum atomic E-state index is 13.4. The number of H-pyrrole nitrogens is 1. The minimum absolute atomic E-state index is 0.0279. The van der Waals surface area contributed by atoms with E-state index >= 15 is 0 Å². The molecule has 1 aliphatic rings. The van der Waals surface area contributed by atoms with Gasteiger partial charge < -0.3 is 19.4 Å². The van der Waals surface area contributed by atoms with Gasteiger partial charge in [0.15, 0.2) is 5.52 Å². The largest absolute Gasteiger partial charge is 0.477 e. The summed E-state index contributed by atoms with van der Waals surface area (Å²) in [5.74, 6) is 0.171. The molecule has 2 N–H and O–H groups in total. The lowest BCUT2D eigenvalue weighted by Gasteiger charge is -2.33. The third-order valence-corrected chi connectivity index (χ3v) is 9.28. The summed E-state index contributed by atoms with van der Waals surface area (Å²) in [6, 6.07) is 1.48. The smallest absolute Gasteiger partial charge is 0.279 e. The lowest BCUT2D eigenvalue weighted by Crippen LogP contribution is -2.48. The van der Waals surface area contributed by atoms with Gasteiger partial charge >= 0.3 is 0 Å². The maximum Gasteiger partial charge on any atom is 0.279 e. The molecule has 0 saturated carbocycles. The first-order chi connectivity index (χ1) is 19.9. The second-order valence-electron chi connectivity index (χ2n) is 9.29. The Balaban J connectivity index is 0.000000730. The number of pyridine rings is 1. The molecular weight excluding hydrogens is 590 g/mol. The van der Waals surface area contributed by atoms with Gasteiger partial charge in [-0.25, -0.2) is 18.4 Å². The molecule has 0 aliphatic carbocycles. The van der Waals surface area contributed by atoms with E-state index in [0.717, 1.165) is 12.2 Å². The lowest BCUT2D eigenvalue weighted by atomic mass is 10.2. The Morgan fingerprint density at radius 2 is 1.71 bits per heavy atom. The van der Waals surface area contributed by atoms with Crippen LogP contribution in [0.1, 0.15) is 33.4 Å². The van der Waals surface area contributed by atoms with Crippen LogP contribution >= 0.6 is 0 Å². The molecule has 0 amide bonds. The van der Waals surface area contributed by atoms with Crippen LogP contribution in [0.3, 0.4) is 0 Å². The summed E-state index contributed by atoms with van der Waals surface area (Å²) in [7, 11) is -5.85. The normalized spacial score (nSPS) is 15.0. The zero-order chi connectivity index (χ0) is 31.1. The molecule has 1 aliphatic heterocycles. The van der Waals surface area contributed by atoms with Crippen molar-refractivity contribution in [1.29, 1.82) is 0 Å². The number of methoxy groups -OCH3 is 1. The average molecular weight is 630 g/mol. The molecule has 4 heterocycles. The zero-order valence-electron chi connectivity index (χ0n) is 24.5. The minimum atomic E-state index is -3.79. The molecule has 15 nitrogen and oxygen atoms in total. The van der Waals surface area contributed by atoms with Gasteiger partial charge in [-0.1, -0.05) is 13.8 Å². The van der Waals surface area contributed by atoms with Crippen LogP contribution in [-0.4, -0.2) is 114 Å². The molecule has 0 aromatic carbocycles. The van der Waals surface area contributed by atoms with Gasteiger partial charge in [-0.2, -0.15) is 17.8 Å². The molecule has 3 aromatic rings. The molecule has 3 aromatic heterocycles. The van der Waals surface area contributed by atoms with Crippen LogP contribution in [0, 0.1) is 0 Å². The number of aryl methyl sites for hydroxylation is 1. The van der Waals surface area contributed by atoms with E-state index < -0.39 is 25.7 Å². The highest BCUT2D eigenvalue weighted by Gasteiger charge is 2.30. The van der Waals surface area contributed by atoms with Crippen molar-refractivity contribution in [1.82, 2.24) is 33.9 Å². The van der Waals surface area contributed by atoms with Crippen LogP contribution in [0.2, 0.25) is 0 Å². The van der Waals surface area contributed by atoms with Gasteiger partial charge in [-0.15, -0.1) is 0 Å². The van der Waals surface area contributed by atoms with Crippen molar-refractivity contribution in [2.24, 2.45) is 0 Å². The van der Waals surface area contributed by atoms with Gasteiger partial charge in [0.05, 0.1) is 43.0 Å². The first kappa shape index (κ1) is 33.5. The summed E-state index contributed by atoms with van der Waals surface area (Å²) in [4.78, 5) is 27.0. The average Bonchev–Trinajstić information content (AvgIpc) is 3.34. The molecule has 0 spiro atoms. The maximum absolute atomic E-state index is 13.4. The van der Waals surface area contributed by atoms with E-state index in [2.05, 4.69) is 26.9 Å². The highest BCUT2D eigenvalue weighted by Crippen LogP contribution is 2.30. The summed E-state index contributed by atoms with van der Waals surface area (Å²) in [5.41, 5.74) is 1.34. The van der Waals surface area contributed by atoms with E-state index in [1.165, 1.54) is 23.5 Å². The number of ether oxygens (including phenoxy) is 2. The summed E-state index contributed by atoms with van der Waals surface area (Å²) in [6.45, 7) is 11.5. The van der Waals surface area contributed by atoms with Crippen molar-refractivity contribution in [3.63, 3.8) is 0 Å². The Kier molecular flexibility index (Phi) is 11.6. The van der Waals surface area contributed by atoms with Crippen molar-refractivity contribution in [2.45, 2.75) is 45.6 Å². The van der Waals surface area contributed by atoms with Crippen molar-refractivity contribution >= 4 is 31.2 Å². The van der Waals surface area contributed by atoms with Crippen molar-refractivity contribution < 1.29 is 30.9 Å². The van der Waals surface area contributed by atoms with Gasteiger partial charge in [0.25, 0.3) is 15.7 Å². The molecular formula is C25H39N7O8S2. The second-order valence-corrected chi connectivity index (χ2v) is 13.0. The van der Waals surface area contributed by atoms with E-state index in [-0.39, 0.29) is 27.9 Å². The topological polar surface area (TPSA) is 190 Å². The van der Waals surface area contributed by atoms with Crippen molar-refractivity contribution in [3.05, 3.63) is 28.3 Å². The fourth-order valence-corrected chi connectivity index (χ4v) is 5.73. The fourth-order valence-electron chi connectivity index (χ4n) is 4.34. The SMILES string of the molecule is CCOc1ncc(S(=O)(=O)N2CCN(CC)CC2)cc1-c1nc2c(CC)n(CCOC)nc2c(=O)[nH]1.CCS(=O)(=O)O. The van der Waals surface area contributed by atoms with Gasteiger partial charge in [-0.05, 0) is 32.9 Å². The van der Waals surface area contributed by atoms with E-state index in [0.29, 0.717) is 63.4 Å². The minimum Gasteiger partial charge on any atom is -0.477 e. The molecule has 42 heavy (non-hydrogen) atoms. The Morgan fingerprint density at radius 1 is 1.05 bits per heavy atom. The van der Waals surface area contributed by atoms with Crippen LogP contribution in [0.5, 0.6) is 5.88 Å². The third-order valence-electron chi connectivity index (χ3n) is 6.69. The van der Waals surface area contributed by atoms with Crippen molar-refractivity contribution in [3.8, 4) is 17.3 Å². The summed E-state index contributed by atoms with van der Waals surface area (Å²) in [5, 5.41) is 4.42. The number of sulfonamides is 1. The number of piperazine rings is 1. The first-order valence-electron chi connectivity index (χ1n) is 13.7. The van der Waals surface area contributed by atoms with Crippen LogP contribution in [0.15, 0.2) is 22.0 Å². The molecule has 0 unspecified atom stereocenters. The molecule has 234 valence electrons. The van der Waals surface area contributed by atoms with Gasteiger partial charge in [0.1, 0.15) is 16.2 Å².